The van der Waals surface area contributed by atoms with Crippen LogP contribution in [0.2, 0.25) is 0 Å². The summed E-state index contributed by atoms with van der Waals surface area (Å²) in [6.07, 6.45) is 0. The van der Waals surface area contributed by atoms with Gasteiger partial charge in [0.1, 0.15) is 5.75 Å². The number of hydrogen-bond donors (Lipinski definition) is 2. The van der Waals surface area contributed by atoms with Gasteiger partial charge in [0, 0.05) is 13.2 Å². The van der Waals surface area contributed by atoms with Gasteiger partial charge < -0.3 is 15.8 Å². The minimum atomic E-state index is 0.506. The van der Waals surface area contributed by atoms with Gasteiger partial charge in [0.15, 0.2) is 0 Å². The summed E-state index contributed by atoms with van der Waals surface area (Å²) in [5.41, 5.74) is 7.76. The van der Waals surface area contributed by atoms with Crippen molar-refractivity contribution in [1.29, 1.82) is 0 Å². The summed E-state index contributed by atoms with van der Waals surface area (Å²) in [7, 11) is 0. The molecular weight excluding hydrogens is 176 g/mol. The first-order valence-electron chi connectivity index (χ1n) is 4.91. The van der Waals surface area contributed by atoms with Crippen molar-refractivity contribution in [3.8, 4) is 5.75 Å². The Bertz CT molecular complexity index is 287. The fourth-order valence-electron chi connectivity index (χ4n) is 1.36. The number of aryl methyl sites for hydroxylation is 1. The van der Waals surface area contributed by atoms with Gasteiger partial charge >= 0.3 is 0 Å². The molecule has 1 rings (SSSR count). The average molecular weight is 194 g/mol. The quantitative estimate of drug-likeness (QED) is 0.696. The molecule has 78 valence electrons. The van der Waals surface area contributed by atoms with Crippen LogP contribution in [0.3, 0.4) is 0 Å². The molecule has 0 aliphatic carbocycles. The third-order valence-electron chi connectivity index (χ3n) is 2.01. The lowest BCUT2D eigenvalue weighted by molar-refractivity contribution is 0.338. The molecule has 0 fully saturated rings. The highest BCUT2D eigenvalue weighted by Crippen LogP contribution is 2.18. The SMILES string of the molecule is CCOc1ccc(CNCN)cc1C. The second-order valence-corrected chi connectivity index (χ2v) is 3.16. The van der Waals surface area contributed by atoms with E-state index in [0.717, 1.165) is 12.3 Å². The molecule has 1 aromatic carbocycles. The molecule has 1 aromatic rings. The lowest BCUT2D eigenvalue weighted by Crippen LogP contribution is -2.21. The van der Waals surface area contributed by atoms with E-state index in [1.807, 2.05) is 13.0 Å². The highest BCUT2D eigenvalue weighted by molar-refractivity contribution is 5.36. The molecule has 3 nitrogen and oxygen atoms in total. The van der Waals surface area contributed by atoms with Crippen LogP contribution in [0.15, 0.2) is 18.2 Å². The zero-order chi connectivity index (χ0) is 10.4. The monoisotopic (exact) mass is 194 g/mol. The molecule has 0 aliphatic rings. The van der Waals surface area contributed by atoms with E-state index < -0.39 is 0 Å². The molecule has 0 atom stereocenters. The molecular formula is C11H18N2O. The number of benzene rings is 1. The minimum absolute atomic E-state index is 0.506. The van der Waals surface area contributed by atoms with Crippen LogP contribution in [0, 0.1) is 6.92 Å². The van der Waals surface area contributed by atoms with Crippen molar-refractivity contribution in [1.82, 2.24) is 5.32 Å². The topological polar surface area (TPSA) is 47.3 Å². The van der Waals surface area contributed by atoms with E-state index in [4.69, 9.17) is 10.5 Å². The second kappa shape index (κ2) is 5.62. The number of nitrogens with one attached hydrogen (secondary N) is 1. The van der Waals surface area contributed by atoms with Crippen molar-refractivity contribution < 1.29 is 4.74 Å². The first kappa shape index (κ1) is 11.0. The molecule has 3 heteroatoms. The van der Waals surface area contributed by atoms with E-state index in [0.29, 0.717) is 13.3 Å². The summed E-state index contributed by atoms with van der Waals surface area (Å²) in [5, 5.41) is 3.08. The number of hydrogen-bond acceptors (Lipinski definition) is 3. The van der Waals surface area contributed by atoms with Gasteiger partial charge in [-0.25, -0.2) is 0 Å². The molecule has 0 bridgehead atoms. The van der Waals surface area contributed by atoms with E-state index in [1.165, 1.54) is 11.1 Å². The number of rotatable bonds is 5. The molecule has 0 aromatic heterocycles. The van der Waals surface area contributed by atoms with Gasteiger partial charge in [-0.1, -0.05) is 12.1 Å². The van der Waals surface area contributed by atoms with Gasteiger partial charge in [-0.2, -0.15) is 0 Å². The van der Waals surface area contributed by atoms with Crippen LogP contribution in [-0.2, 0) is 6.54 Å². The Kier molecular flexibility index (Phi) is 4.43. The molecule has 0 saturated carbocycles. The first-order chi connectivity index (χ1) is 6.77. The molecule has 0 aliphatic heterocycles. The molecule has 0 heterocycles. The molecule has 0 radical (unpaired) electrons. The largest absolute Gasteiger partial charge is 0.494 e. The van der Waals surface area contributed by atoms with Crippen LogP contribution >= 0.6 is 0 Å². The van der Waals surface area contributed by atoms with E-state index >= 15 is 0 Å². The summed E-state index contributed by atoms with van der Waals surface area (Å²) >= 11 is 0. The zero-order valence-corrected chi connectivity index (χ0v) is 8.84. The Balaban J connectivity index is 2.68. The summed E-state index contributed by atoms with van der Waals surface area (Å²) in [4.78, 5) is 0. The minimum Gasteiger partial charge on any atom is -0.494 e. The molecule has 0 amide bonds. The van der Waals surface area contributed by atoms with E-state index in [1.54, 1.807) is 0 Å². The first-order valence-corrected chi connectivity index (χ1v) is 4.91. The van der Waals surface area contributed by atoms with Crippen molar-refractivity contribution in [3.05, 3.63) is 29.3 Å². The van der Waals surface area contributed by atoms with Crippen molar-refractivity contribution in [3.63, 3.8) is 0 Å². The summed E-state index contributed by atoms with van der Waals surface area (Å²) < 4.78 is 5.45. The van der Waals surface area contributed by atoms with Gasteiger partial charge in [0.2, 0.25) is 0 Å². The molecule has 0 spiro atoms. The van der Waals surface area contributed by atoms with Gasteiger partial charge in [-0.15, -0.1) is 0 Å². The van der Waals surface area contributed by atoms with Crippen molar-refractivity contribution in [2.75, 3.05) is 13.3 Å². The Morgan fingerprint density at radius 2 is 2.21 bits per heavy atom. The summed E-state index contributed by atoms with van der Waals surface area (Å²) in [6, 6.07) is 6.18. The van der Waals surface area contributed by atoms with Gasteiger partial charge in [-0.3, -0.25) is 0 Å². The fraction of sp³-hybridized carbons (Fsp3) is 0.455. The Morgan fingerprint density at radius 1 is 1.43 bits per heavy atom. The molecule has 14 heavy (non-hydrogen) atoms. The predicted molar refractivity (Wildman–Crippen MR) is 58.2 cm³/mol. The smallest absolute Gasteiger partial charge is 0.122 e. The van der Waals surface area contributed by atoms with Crippen LogP contribution in [0.5, 0.6) is 5.75 Å². The van der Waals surface area contributed by atoms with Crippen LogP contribution in [0.25, 0.3) is 0 Å². The van der Waals surface area contributed by atoms with Crippen LogP contribution in [0.1, 0.15) is 18.1 Å². The number of nitrogens with two attached hydrogens (primary N) is 1. The van der Waals surface area contributed by atoms with Crippen molar-refractivity contribution in [2.45, 2.75) is 20.4 Å². The summed E-state index contributed by atoms with van der Waals surface area (Å²) in [5.74, 6) is 0.962. The lowest BCUT2D eigenvalue weighted by atomic mass is 10.1. The van der Waals surface area contributed by atoms with E-state index in [-0.39, 0.29) is 0 Å². The average Bonchev–Trinajstić information content (AvgIpc) is 2.19. The fourth-order valence-corrected chi connectivity index (χ4v) is 1.36. The zero-order valence-electron chi connectivity index (χ0n) is 8.84. The molecule has 0 unspecified atom stereocenters. The summed E-state index contributed by atoms with van der Waals surface area (Å²) in [6.45, 7) is 6.07. The maximum absolute atomic E-state index is 5.45. The maximum Gasteiger partial charge on any atom is 0.122 e. The van der Waals surface area contributed by atoms with Crippen LogP contribution in [0.4, 0.5) is 0 Å². The standard InChI is InChI=1S/C11H18N2O/c1-3-14-11-5-4-10(6-9(11)2)7-13-8-12/h4-6,13H,3,7-8,12H2,1-2H3. The van der Waals surface area contributed by atoms with Crippen LogP contribution in [-0.4, -0.2) is 13.3 Å². The third kappa shape index (κ3) is 3.01. The van der Waals surface area contributed by atoms with Crippen molar-refractivity contribution >= 4 is 0 Å². The predicted octanol–water partition coefficient (Wildman–Crippen LogP) is 1.40. The highest BCUT2D eigenvalue weighted by Gasteiger charge is 1.99. The van der Waals surface area contributed by atoms with Crippen molar-refractivity contribution in [2.24, 2.45) is 5.73 Å². The lowest BCUT2D eigenvalue weighted by Gasteiger charge is -2.09. The second-order valence-electron chi connectivity index (χ2n) is 3.16. The van der Waals surface area contributed by atoms with Crippen LogP contribution < -0.4 is 15.8 Å². The Morgan fingerprint density at radius 3 is 2.79 bits per heavy atom. The highest BCUT2D eigenvalue weighted by atomic mass is 16.5. The normalized spacial score (nSPS) is 10.2. The Hall–Kier alpha value is -1.06. The maximum atomic E-state index is 5.45. The number of ether oxygens (including phenoxy) is 1. The van der Waals surface area contributed by atoms with Gasteiger partial charge in [0.25, 0.3) is 0 Å². The van der Waals surface area contributed by atoms with E-state index in [9.17, 15) is 0 Å². The molecule has 3 N–H and O–H groups in total. The third-order valence-corrected chi connectivity index (χ3v) is 2.01. The Labute approximate surface area is 85.3 Å². The van der Waals surface area contributed by atoms with Gasteiger partial charge in [0.05, 0.1) is 6.61 Å². The van der Waals surface area contributed by atoms with Gasteiger partial charge in [-0.05, 0) is 31.0 Å². The molecule has 0 saturated heterocycles. The van der Waals surface area contributed by atoms with E-state index in [2.05, 4.69) is 24.4 Å².